The Kier molecular flexibility index (Phi) is 8.19. The average molecular weight is 370 g/mol. The topological polar surface area (TPSA) is 70.7 Å². The maximum atomic E-state index is 12.3. The van der Waals surface area contributed by atoms with E-state index in [-0.39, 0.29) is 5.91 Å². The van der Waals surface area contributed by atoms with Crippen LogP contribution in [0.15, 0.2) is 24.3 Å². The summed E-state index contributed by atoms with van der Waals surface area (Å²) in [6, 6.07) is 6.75. The first kappa shape index (κ1) is 21.3. The smallest absolute Gasteiger partial charge is 0.408 e. The van der Waals surface area contributed by atoms with Gasteiger partial charge >= 0.3 is 6.09 Å². The van der Waals surface area contributed by atoms with Crippen LogP contribution in [-0.4, -0.2) is 35.2 Å². The van der Waals surface area contributed by atoms with Gasteiger partial charge in [0.2, 0.25) is 0 Å². The molecule has 0 radical (unpaired) electrons. The quantitative estimate of drug-likeness (QED) is 0.722. The third-order valence-corrected chi connectivity index (χ3v) is 3.43. The maximum absolute atomic E-state index is 12.3. The van der Waals surface area contributed by atoms with Gasteiger partial charge in [-0.1, -0.05) is 30.7 Å². The van der Waals surface area contributed by atoms with Crippen molar-refractivity contribution in [3.8, 4) is 0 Å². The Balaban J connectivity index is 2.59. The highest BCUT2D eigenvalue weighted by atomic mass is 35.5. The number of carbonyl (C=O) groups excluding carboxylic acids is 2. The second kappa shape index (κ2) is 9.63. The maximum Gasteiger partial charge on any atom is 0.408 e. The summed E-state index contributed by atoms with van der Waals surface area (Å²) in [7, 11) is 0. The number of rotatable bonds is 7. The van der Waals surface area contributed by atoms with E-state index in [1.165, 1.54) is 0 Å². The van der Waals surface area contributed by atoms with Crippen LogP contribution in [0.3, 0.4) is 0 Å². The van der Waals surface area contributed by atoms with Crippen LogP contribution in [0.4, 0.5) is 4.79 Å². The SMILES string of the molecule is CCCN(Cc1ccc(Cl)cc1)NC(=O)C(C)NC(=O)OC(C)(C)C. The van der Waals surface area contributed by atoms with Crippen LogP contribution in [0, 0.1) is 0 Å². The van der Waals surface area contributed by atoms with E-state index in [2.05, 4.69) is 10.7 Å². The fraction of sp³-hybridized carbons (Fsp3) is 0.556. The summed E-state index contributed by atoms with van der Waals surface area (Å²) in [6.45, 7) is 10.2. The number of benzene rings is 1. The summed E-state index contributed by atoms with van der Waals surface area (Å²) in [5.74, 6) is -0.298. The average Bonchev–Trinajstić information content (AvgIpc) is 2.47. The molecule has 140 valence electrons. The lowest BCUT2D eigenvalue weighted by atomic mass is 10.2. The second-order valence-electron chi connectivity index (χ2n) is 6.89. The van der Waals surface area contributed by atoms with Crippen LogP contribution < -0.4 is 10.7 Å². The summed E-state index contributed by atoms with van der Waals surface area (Å²) in [6.07, 6.45) is 0.261. The predicted molar refractivity (Wildman–Crippen MR) is 99.1 cm³/mol. The zero-order valence-electron chi connectivity index (χ0n) is 15.6. The van der Waals surface area contributed by atoms with Crippen LogP contribution in [0.25, 0.3) is 0 Å². The summed E-state index contributed by atoms with van der Waals surface area (Å²) >= 11 is 5.89. The van der Waals surface area contributed by atoms with E-state index in [1.807, 2.05) is 36.2 Å². The Bertz CT molecular complexity index is 570. The van der Waals surface area contributed by atoms with E-state index in [9.17, 15) is 9.59 Å². The minimum Gasteiger partial charge on any atom is -0.444 e. The first-order chi connectivity index (χ1) is 11.6. The van der Waals surface area contributed by atoms with Crippen molar-refractivity contribution in [3.05, 3.63) is 34.9 Å². The van der Waals surface area contributed by atoms with Gasteiger partial charge in [0.05, 0.1) is 0 Å². The van der Waals surface area contributed by atoms with Crippen molar-refractivity contribution in [1.82, 2.24) is 15.8 Å². The molecule has 0 fully saturated rings. The number of hydrogen-bond acceptors (Lipinski definition) is 4. The molecule has 7 heteroatoms. The molecule has 0 saturated carbocycles. The van der Waals surface area contributed by atoms with Crippen molar-refractivity contribution >= 4 is 23.6 Å². The van der Waals surface area contributed by atoms with Crippen molar-refractivity contribution in [2.45, 2.75) is 59.2 Å². The van der Waals surface area contributed by atoms with E-state index >= 15 is 0 Å². The molecule has 1 aromatic rings. The van der Waals surface area contributed by atoms with Gasteiger partial charge in [0.1, 0.15) is 11.6 Å². The standard InChI is InChI=1S/C18H28ClN3O3/c1-6-11-22(12-14-7-9-15(19)10-8-14)21-16(23)13(2)20-17(24)25-18(3,4)5/h7-10,13H,6,11-12H2,1-5H3,(H,20,24)(H,21,23). The lowest BCUT2D eigenvalue weighted by molar-refractivity contribution is -0.128. The fourth-order valence-corrected chi connectivity index (χ4v) is 2.18. The van der Waals surface area contributed by atoms with Gasteiger partial charge in [-0.15, -0.1) is 0 Å². The highest BCUT2D eigenvalue weighted by Gasteiger charge is 2.22. The normalized spacial score (nSPS) is 12.6. The van der Waals surface area contributed by atoms with Crippen molar-refractivity contribution in [2.24, 2.45) is 0 Å². The zero-order chi connectivity index (χ0) is 19.0. The fourth-order valence-electron chi connectivity index (χ4n) is 2.06. The molecular formula is C18H28ClN3O3. The first-order valence-corrected chi connectivity index (χ1v) is 8.78. The molecule has 0 aromatic heterocycles. The predicted octanol–water partition coefficient (Wildman–Crippen LogP) is 3.50. The monoisotopic (exact) mass is 369 g/mol. The molecule has 0 aliphatic carbocycles. The van der Waals surface area contributed by atoms with Crippen LogP contribution in [0.1, 0.15) is 46.6 Å². The van der Waals surface area contributed by atoms with E-state index < -0.39 is 17.7 Å². The van der Waals surface area contributed by atoms with Gasteiger partial charge < -0.3 is 10.1 Å². The van der Waals surface area contributed by atoms with Gasteiger partial charge in [-0.3, -0.25) is 10.2 Å². The molecule has 0 bridgehead atoms. The van der Waals surface area contributed by atoms with Crippen LogP contribution >= 0.6 is 11.6 Å². The van der Waals surface area contributed by atoms with Crippen LogP contribution in [0.2, 0.25) is 5.02 Å². The van der Waals surface area contributed by atoms with E-state index in [0.29, 0.717) is 18.1 Å². The number of hydrogen-bond donors (Lipinski definition) is 2. The van der Waals surface area contributed by atoms with Crippen molar-refractivity contribution in [1.29, 1.82) is 0 Å². The van der Waals surface area contributed by atoms with Crippen LogP contribution in [0.5, 0.6) is 0 Å². The molecule has 25 heavy (non-hydrogen) atoms. The number of carbonyl (C=O) groups is 2. The summed E-state index contributed by atoms with van der Waals surface area (Å²) < 4.78 is 5.16. The molecule has 1 atom stereocenters. The minimum absolute atomic E-state index is 0.298. The molecule has 6 nitrogen and oxygen atoms in total. The number of alkyl carbamates (subject to hydrolysis) is 1. The molecule has 0 spiro atoms. The van der Waals surface area contributed by atoms with Gasteiger partial charge in [0.15, 0.2) is 0 Å². The van der Waals surface area contributed by atoms with Gasteiger partial charge in [-0.25, -0.2) is 9.80 Å². The number of nitrogens with zero attached hydrogens (tertiary/aromatic N) is 1. The third kappa shape index (κ3) is 8.74. The zero-order valence-corrected chi connectivity index (χ0v) is 16.3. The molecule has 2 amide bonds. The summed E-state index contributed by atoms with van der Waals surface area (Å²) in [5, 5.41) is 5.03. The Morgan fingerprint density at radius 3 is 2.36 bits per heavy atom. The summed E-state index contributed by atoms with van der Waals surface area (Å²) in [4.78, 5) is 24.1. The molecule has 0 heterocycles. The lowest BCUT2D eigenvalue weighted by Crippen LogP contribution is -2.51. The molecular weight excluding hydrogens is 342 g/mol. The van der Waals surface area contributed by atoms with Crippen LogP contribution in [-0.2, 0) is 16.1 Å². The Labute approximate surface area is 154 Å². The van der Waals surface area contributed by atoms with Gasteiger partial charge in [0, 0.05) is 18.1 Å². The molecule has 1 unspecified atom stereocenters. The highest BCUT2D eigenvalue weighted by molar-refractivity contribution is 6.30. The lowest BCUT2D eigenvalue weighted by Gasteiger charge is -2.26. The number of halogens is 1. The first-order valence-electron chi connectivity index (χ1n) is 8.40. The molecule has 0 saturated heterocycles. The highest BCUT2D eigenvalue weighted by Crippen LogP contribution is 2.11. The van der Waals surface area contributed by atoms with Crippen molar-refractivity contribution in [3.63, 3.8) is 0 Å². The van der Waals surface area contributed by atoms with Gasteiger partial charge in [0.25, 0.3) is 5.91 Å². The Morgan fingerprint density at radius 2 is 1.84 bits per heavy atom. The van der Waals surface area contributed by atoms with E-state index in [4.69, 9.17) is 16.3 Å². The number of amides is 2. The Morgan fingerprint density at radius 1 is 1.24 bits per heavy atom. The van der Waals surface area contributed by atoms with Crippen molar-refractivity contribution < 1.29 is 14.3 Å². The molecule has 1 aromatic carbocycles. The number of nitrogens with one attached hydrogen (secondary N) is 2. The Hall–Kier alpha value is -1.79. The summed E-state index contributed by atoms with van der Waals surface area (Å²) in [5.41, 5.74) is 3.27. The van der Waals surface area contributed by atoms with E-state index in [0.717, 1.165) is 12.0 Å². The number of ether oxygens (including phenoxy) is 1. The number of hydrazine groups is 1. The molecule has 2 N–H and O–H groups in total. The molecule has 1 rings (SSSR count). The van der Waals surface area contributed by atoms with E-state index in [1.54, 1.807) is 27.7 Å². The minimum atomic E-state index is -0.709. The molecule has 0 aliphatic rings. The molecule has 0 aliphatic heterocycles. The van der Waals surface area contributed by atoms with Gasteiger partial charge in [-0.2, -0.15) is 0 Å². The third-order valence-electron chi connectivity index (χ3n) is 3.18. The van der Waals surface area contributed by atoms with Gasteiger partial charge in [-0.05, 0) is 51.8 Å². The largest absolute Gasteiger partial charge is 0.444 e. The second-order valence-corrected chi connectivity index (χ2v) is 7.33. The van der Waals surface area contributed by atoms with Crippen molar-refractivity contribution in [2.75, 3.05) is 6.54 Å².